The Labute approximate surface area is 876 Å². The van der Waals surface area contributed by atoms with Crippen molar-refractivity contribution in [3.8, 4) is 45.0 Å². The molecule has 2 amide bonds. The van der Waals surface area contributed by atoms with Gasteiger partial charge in [0, 0.05) is 120 Å². The molecule has 4 unspecified atom stereocenters. The summed E-state index contributed by atoms with van der Waals surface area (Å²) in [6, 6.07) is 33.4. The number of piperidine rings is 4. The molecule has 22 rings (SSSR count). The first-order valence-electron chi connectivity index (χ1n) is 48.4. The summed E-state index contributed by atoms with van der Waals surface area (Å²) in [7, 11) is 1.27. The Morgan fingerprint density at radius 1 is 0.403 bits per heavy atom. The summed E-state index contributed by atoms with van der Waals surface area (Å²) in [5.74, 6) is 0.978. The van der Waals surface area contributed by atoms with Crippen molar-refractivity contribution in [1.29, 1.82) is 0 Å². The summed E-state index contributed by atoms with van der Waals surface area (Å²) >= 11 is 32.3. The van der Waals surface area contributed by atoms with Crippen LogP contribution in [0, 0.1) is 5.82 Å². The van der Waals surface area contributed by atoms with Gasteiger partial charge in [0.1, 0.15) is 80.1 Å². The van der Waals surface area contributed by atoms with Crippen molar-refractivity contribution in [2.24, 2.45) is 0 Å². The van der Waals surface area contributed by atoms with Crippen LogP contribution in [-0.2, 0) is 28.4 Å². The van der Waals surface area contributed by atoms with E-state index >= 15 is 0 Å². The number of ether oxygens (including phenoxy) is 6. The standard InChI is InChI=1S/C29H25ClFN3O5S.C25H29ClN2O5.C20H21ClN2O3.C13H9Cl2NO2.C12H21NO3.4CF2O/c1-37-27(35)15-10-21(31)25-22(11-15)40-29(32-25)34-16-8-9-17(34)13-18(12-16)38-28(36)23-24(19-4-2-3-5-20(19)30)33-39-26(23)14-6-7-14;1-25(2,3)32-24(30)28-15-10-11-16(28)13-17(12-15)31-23(29)20-21(18-6-4-5-7-19(18)26)27-33-22(20)14-8-9-14;21-16-4-2-1-3-15(16)18-17(19(26-23-18)11-5-6-11)20(24)25-14-9-12-7-8-13(10-14)22-12;14-9-4-2-1-3-8(9)11-10(13(15)17)12(18-16-11)7-5-6-7;1-12(2,3)16-11(15)13-8-4-5-9(13)7-10(14)6-8;4*2-1(3)4/h2-5,10-11,14,16-18H,6-9,12-13H2,1H3;4-7,14-17H,8-13H2,1-3H3;1-4,11-14,22H,5-10H2;1-4,7H,5-6H2;8-10,14H,4-7H2,1-3H3;;;;/t16-,17+,18?;15-,16+,17?;12-,13+,14?;;8-,9+,10?;;;;. The second-order valence-corrected chi connectivity index (χ2v) is 42.6. The highest BCUT2D eigenvalue weighted by molar-refractivity contribution is 7.22. The van der Waals surface area contributed by atoms with Crippen LogP contribution in [0.4, 0.5) is 73.4 Å². The lowest BCUT2D eigenvalue weighted by Gasteiger charge is -2.39. The number of carbonyl (C=O) groups is 11. The van der Waals surface area contributed by atoms with Gasteiger partial charge in [-0.2, -0.15) is 0 Å². The molecule has 5 aromatic heterocycles. The second kappa shape index (κ2) is 49.5. The maximum atomic E-state index is 14.8. The molecule has 10 aromatic rings. The van der Waals surface area contributed by atoms with E-state index in [4.69, 9.17) is 124 Å². The van der Waals surface area contributed by atoms with E-state index in [9.17, 15) is 78.2 Å². The van der Waals surface area contributed by atoms with Gasteiger partial charge < -0.3 is 71.6 Å². The van der Waals surface area contributed by atoms with E-state index in [2.05, 4.69) is 35.8 Å². The highest BCUT2D eigenvalue weighted by Crippen LogP contribution is 2.52. The van der Waals surface area contributed by atoms with Crippen LogP contribution in [0.2, 0.25) is 20.1 Å². The smallest absolute Gasteiger partial charge is 0.465 e. The average Bonchev–Trinajstić information content (AvgIpc) is 1.63. The molecule has 12 fully saturated rings. The monoisotopic (exact) mass is 2200 g/mol. The van der Waals surface area contributed by atoms with Crippen LogP contribution in [0.1, 0.15) is 294 Å². The Morgan fingerprint density at radius 2 is 0.691 bits per heavy atom. The number of esters is 4. The predicted octanol–water partition coefficient (Wildman–Crippen LogP) is 27.4. The van der Waals surface area contributed by atoms with Gasteiger partial charge in [-0.05, 0) is 218 Å². The number of rotatable bonds is 17. The minimum absolute atomic E-state index is 0.0183. The van der Waals surface area contributed by atoms with Gasteiger partial charge in [0.05, 0.1) is 43.6 Å². The molecular weight excluding hydrogens is 2100 g/mol. The number of nitrogens with one attached hydrogen (secondary N) is 1. The van der Waals surface area contributed by atoms with Gasteiger partial charge >= 0.3 is 61.2 Å². The Morgan fingerprint density at radius 3 is 0.993 bits per heavy atom. The molecule has 8 bridgehead atoms. The molecule has 5 aromatic carbocycles. The third-order valence-electron chi connectivity index (χ3n) is 26.6. The van der Waals surface area contributed by atoms with Crippen LogP contribution < -0.4 is 10.2 Å². The van der Waals surface area contributed by atoms with Gasteiger partial charge in [-0.1, -0.05) is 151 Å². The summed E-state index contributed by atoms with van der Waals surface area (Å²) in [5, 5.41) is 32.0. The zero-order valence-corrected chi connectivity index (χ0v) is 86.0. The maximum absolute atomic E-state index is 14.8. The summed E-state index contributed by atoms with van der Waals surface area (Å²) in [6.45, 7) is 11.2. The first-order chi connectivity index (χ1) is 70.8. The number of halogens is 14. The van der Waals surface area contributed by atoms with Crippen LogP contribution >= 0.6 is 69.3 Å². The molecule has 13 heterocycles. The zero-order valence-electron chi connectivity index (χ0n) is 81.4. The fourth-order valence-corrected chi connectivity index (χ4v) is 22.3. The number of hydrogen-bond acceptors (Lipinski definition) is 30. The number of hydrogen-bond donors (Lipinski definition) is 2. The average molecular weight is 2200 g/mol. The number of amides is 2. The van der Waals surface area contributed by atoms with E-state index in [0.717, 1.165) is 109 Å². The van der Waals surface area contributed by atoms with E-state index in [1.807, 2.05) is 118 Å². The SMILES string of the molecule is CC(C)(C)OC(=O)N1[C@@H]2CC[C@H]1CC(O)C2.CC(C)(C)OC(=O)N1[C@@H]2CC[C@H]1CC(OC(=O)c1c(-c3ccccc3Cl)noc1C1CC1)C2.COC(=O)c1cc(F)c2nc(N3[C@@H]4CC[C@H]3CC(OC(=O)c3c(-c5ccccc5Cl)noc3C3CC3)C4)sc2c1.O=C(Cl)c1c(-c2ccccc2Cl)noc1C1CC1.O=C(F)F.O=C(F)F.O=C(F)F.O=C(F)F.O=C(OC1C[C@H]2CC[C@@H](C1)N2)c1c(-c2ccccc2Cl)noc1C1CC1. The van der Waals surface area contributed by atoms with Gasteiger partial charge in [-0.15, -0.1) is 35.1 Å². The summed E-state index contributed by atoms with van der Waals surface area (Å²) in [5.41, 5.74) is 5.45. The summed E-state index contributed by atoms with van der Waals surface area (Å²) < 4.78 is 149. The highest BCUT2D eigenvalue weighted by Gasteiger charge is 2.51. The van der Waals surface area contributed by atoms with Crippen LogP contribution in [0.25, 0.3) is 55.2 Å². The van der Waals surface area contributed by atoms with Crippen molar-refractivity contribution < 1.29 is 144 Å². The molecule has 31 nitrogen and oxygen atoms in total. The lowest BCUT2D eigenvalue weighted by molar-refractivity contribution is -0.0230. The molecule has 149 heavy (non-hydrogen) atoms. The maximum Gasteiger partial charge on any atom is 0.483 e. The fourth-order valence-electron chi connectivity index (χ4n) is 20.0. The summed E-state index contributed by atoms with van der Waals surface area (Å²) in [4.78, 5) is 131. The number of nitrogens with zero attached hydrogens (tertiary/aromatic N) is 8. The lowest BCUT2D eigenvalue weighted by Crippen LogP contribution is -2.50. The molecule has 4 aliphatic carbocycles. The lowest BCUT2D eigenvalue weighted by atomic mass is 9.99. The van der Waals surface area contributed by atoms with Gasteiger partial charge in [0.2, 0.25) is 0 Å². The van der Waals surface area contributed by atoms with Crippen LogP contribution in [0.3, 0.4) is 0 Å². The van der Waals surface area contributed by atoms with Crippen molar-refractivity contribution >= 4 is 151 Å². The summed E-state index contributed by atoms with van der Waals surface area (Å²) in [6.07, 6.45) is 8.88. The molecule has 12 atom stereocenters. The van der Waals surface area contributed by atoms with Crippen LogP contribution in [0.15, 0.2) is 127 Å². The van der Waals surface area contributed by atoms with E-state index in [-0.39, 0.29) is 114 Å². The van der Waals surface area contributed by atoms with E-state index in [1.165, 1.54) is 31.3 Å². The predicted molar refractivity (Wildman–Crippen MR) is 527 cm³/mol. The quantitative estimate of drug-likeness (QED) is 0.0370. The topological polar surface area (TPSA) is 402 Å². The van der Waals surface area contributed by atoms with Gasteiger partial charge in [-0.3, -0.25) is 4.79 Å². The first kappa shape index (κ1) is 113. The number of aromatic nitrogens is 5. The Balaban J connectivity index is 0.000000146. The Hall–Kier alpha value is -11.9. The molecular formula is C103H105Cl5F9N9O22S. The molecule has 4 saturated carbocycles. The van der Waals surface area contributed by atoms with Crippen LogP contribution in [0.5, 0.6) is 0 Å². The normalized spacial score (nSPS) is 22.3. The molecule has 0 spiro atoms. The van der Waals surface area contributed by atoms with Crippen LogP contribution in [-0.4, -0.2) is 198 Å². The Kier molecular flexibility index (Phi) is 37.5. The van der Waals surface area contributed by atoms with Crippen molar-refractivity contribution in [2.45, 2.75) is 303 Å². The number of aliphatic hydroxyl groups is 1. The number of carbonyl (C=O) groups excluding carboxylic acids is 11. The molecule has 8 saturated heterocycles. The Bertz CT molecular complexity index is 6440. The number of fused-ring (bicyclic) bond motifs is 9. The second-order valence-electron chi connectivity index (χ2n) is 39.7. The van der Waals surface area contributed by atoms with E-state index in [0.29, 0.717) is 171 Å². The number of aliphatic hydroxyl groups excluding tert-OH is 1. The van der Waals surface area contributed by atoms with Crippen molar-refractivity contribution in [1.82, 2.24) is 40.7 Å². The number of methoxy groups -OCH3 is 1. The van der Waals surface area contributed by atoms with Gasteiger partial charge in [0.25, 0.3) is 5.24 Å². The van der Waals surface area contributed by atoms with Crippen molar-refractivity contribution in [3.63, 3.8) is 0 Å². The number of anilines is 1. The van der Waals surface area contributed by atoms with Gasteiger partial charge in [0.15, 0.2) is 34.0 Å². The van der Waals surface area contributed by atoms with E-state index in [1.54, 1.807) is 36.4 Å². The molecule has 2 N–H and O–H groups in total. The van der Waals surface area contributed by atoms with Crippen molar-refractivity contribution in [3.05, 3.63) is 186 Å². The molecule has 46 heteroatoms. The van der Waals surface area contributed by atoms with Gasteiger partial charge in [-0.25, -0.2) is 57.3 Å². The van der Waals surface area contributed by atoms with Crippen molar-refractivity contribution in [2.75, 3.05) is 12.0 Å². The minimum atomic E-state index is -2.83. The third-order valence-corrected chi connectivity index (χ3v) is 29.1. The largest absolute Gasteiger partial charge is 0.483 e. The molecule has 12 aliphatic rings. The highest BCUT2D eigenvalue weighted by atomic mass is 35.5. The number of thiazole rings is 1. The minimum Gasteiger partial charge on any atom is -0.465 e. The van der Waals surface area contributed by atoms with E-state index < -0.39 is 65.3 Å². The first-order valence-corrected chi connectivity index (χ1v) is 51.1. The fraction of sp³-hybridized carbons (Fsp3) is 0.476. The zero-order chi connectivity index (χ0) is 107. The number of benzene rings is 5. The molecule has 798 valence electrons. The molecule has 0 radical (unpaired) electrons. The molecule has 8 aliphatic heterocycles. The third kappa shape index (κ3) is 29.5.